The normalized spacial score (nSPS) is 14.0. The topological polar surface area (TPSA) is 35.2 Å². The van der Waals surface area contributed by atoms with Gasteiger partial charge in [0.05, 0.1) is 7.11 Å². The molecule has 2 heteroatoms. The Kier molecular flexibility index (Phi) is 4.82. The zero-order valence-electron chi connectivity index (χ0n) is 11.2. The van der Waals surface area contributed by atoms with Crippen LogP contribution in [0.25, 0.3) is 6.08 Å². The summed E-state index contributed by atoms with van der Waals surface area (Å²) in [6.07, 6.45) is 9.61. The molecule has 1 aromatic carbocycles. The molecule has 2 N–H and O–H groups in total. The van der Waals surface area contributed by atoms with Crippen molar-refractivity contribution in [1.82, 2.24) is 0 Å². The minimum absolute atomic E-state index is 0.821. The van der Waals surface area contributed by atoms with Crippen molar-refractivity contribution < 1.29 is 4.74 Å². The third-order valence-corrected chi connectivity index (χ3v) is 3.63. The molecule has 0 bridgehead atoms. The van der Waals surface area contributed by atoms with E-state index in [1.54, 1.807) is 12.7 Å². The Morgan fingerprint density at radius 1 is 1.17 bits per heavy atom. The van der Waals surface area contributed by atoms with Crippen molar-refractivity contribution in [2.75, 3.05) is 13.7 Å². The average Bonchev–Trinajstić information content (AvgIpc) is 2.43. The molecule has 18 heavy (non-hydrogen) atoms. The molecule has 0 saturated heterocycles. The van der Waals surface area contributed by atoms with Gasteiger partial charge in [0.25, 0.3) is 0 Å². The molecule has 98 valence electrons. The summed E-state index contributed by atoms with van der Waals surface area (Å²) in [4.78, 5) is 0. The van der Waals surface area contributed by atoms with Gasteiger partial charge in [-0.05, 0) is 61.9 Å². The number of benzene rings is 1. The second-order valence-corrected chi connectivity index (χ2v) is 4.97. The number of nitrogens with two attached hydrogens (primary N) is 1. The smallest absolute Gasteiger partial charge is 0.119 e. The van der Waals surface area contributed by atoms with Crippen molar-refractivity contribution in [3.8, 4) is 5.75 Å². The van der Waals surface area contributed by atoms with Gasteiger partial charge in [0.2, 0.25) is 0 Å². The number of rotatable bonds is 6. The maximum absolute atomic E-state index is 5.51. The highest BCUT2D eigenvalue weighted by Crippen LogP contribution is 2.29. The van der Waals surface area contributed by atoms with Crippen LogP contribution in [-0.4, -0.2) is 13.7 Å². The van der Waals surface area contributed by atoms with Crippen LogP contribution in [0.1, 0.15) is 43.2 Å². The summed E-state index contributed by atoms with van der Waals surface area (Å²) in [5.74, 6) is 0.966. The zero-order valence-corrected chi connectivity index (χ0v) is 11.2. The van der Waals surface area contributed by atoms with E-state index in [1.807, 2.05) is 6.07 Å². The quantitative estimate of drug-likeness (QED) is 0.778. The van der Waals surface area contributed by atoms with Crippen molar-refractivity contribution in [2.24, 2.45) is 5.73 Å². The Balaban J connectivity index is 1.97. The lowest BCUT2D eigenvalue weighted by atomic mass is 9.89. The van der Waals surface area contributed by atoms with Crippen molar-refractivity contribution in [1.29, 1.82) is 0 Å². The number of hydrogen-bond donors (Lipinski definition) is 1. The molecule has 0 spiro atoms. The Morgan fingerprint density at radius 2 is 2.06 bits per heavy atom. The van der Waals surface area contributed by atoms with E-state index in [0.717, 1.165) is 25.1 Å². The van der Waals surface area contributed by atoms with Crippen LogP contribution in [-0.2, 0) is 6.42 Å². The molecular formula is C16H23NO. The van der Waals surface area contributed by atoms with Gasteiger partial charge in [-0.3, -0.25) is 0 Å². The van der Waals surface area contributed by atoms with Crippen molar-refractivity contribution in [3.63, 3.8) is 0 Å². The van der Waals surface area contributed by atoms with Gasteiger partial charge in [0.15, 0.2) is 0 Å². The zero-order chi connectivity index (χ0) is 12.8. The third kappa shape index (κ3) is 3.36. The second kappa shape index (κ2) is 6.60. The Labute approximate surface area is 110 Å². The number of ether oxygens (including phenoxy) is 1. The van der Waals surface area contributed by atoms with Crippen LogP contribution < -0.4 is 10.5 Å². The summed E-state index contributed by atoms with van der Waals surface area (Å²) in [6, 6.07) is 6.39. The highest BCUT2D eigenvalue weighted by molar-refractivity contribution is 5.60. The van der Waals surface area contributed by atoms with Crippen LogP contribution in [0.5, 0.6) is 5.75 Å². The van der Waals surface area contributed by atoms with E-state index < -0.39 is 0 Å². The minimum Gasteiger partial charge on any atom is -0.497 e. The number of fused-ring (bicyclic) bond motifs is 1. The van der Waals surface area contributed by atoms with Crippen molar-refractivity contribution in [3.05, 3.63) is 34.9 Å². The molecule has 0 radical (unpaired) electrons. The molecule has 0 aromatic heterocycles. The van der Waals surface area contributed by atoms with Gasteiger partial charge in [0, 0.05) is 0 Å². The molecule has 2 nitrogen and oxygen atoms in total. The molecule has 1 aliphatic rings. The van der Waals surface area contributed by atoms with Crippen LogP contribution in [0.15, 0.2) is 23.8 Å². The van der Waals surface area contributed by atoms with E-state index in [0.29, 0.717) is 0 Å². The van der Waals surface area contributed by atoms with Crippen molar-refractivity contribution >= 4 is 6.08 Å². The van der Waals surface area contributed by atoms with Gasteiger partial charge in [-0.2, -0.15) is 0 Å². The van der Waals surface area contributed by atoms with Crippen LogP contribution >= 0.6 is 0 Å². The molecule has 1 aliphatic carbocycles. The van der Waals surface area contributed by atoms with Gasteiger partial charge in [-0.1, -0.05) is 24.1 Å². The fourth-order valence-corrected chi connectivity index (χ4v) is 2.52. The average molecular weight is 245 g/mol. The standard InChI is InChI=1S/C16H23NO/c1-18-16-9-8-14-11-13(5-3-2-4-10-17)6-7-15(14)12-16/h8-9,11-12H,2-7,10,17H2,1H3. The van der Waals surface area contributed by atoms with Gasteiger partial charge in [-0.15, -0.1) is 0 Å². The van der Waals surface area contributed by atoms with E-state index in [9.17, 15) is 0 Å². The minimum atomic E-state index is 0.821. The van der Waals surface area contributed by atoms with E-state index in [-0.39, 0.29) is 0 Å². The fourth-order valence-electron chi connectivity index (χ4n) is 2.52. The lowest BCUT2D eigenvalue weighted by molar-refractivity contribution is 0.414. The molecular weight excluding hydrogens is 222 g/mol. The van der Waals surface area contributed by atoms with Gasteiger partial charge in [0.1, 0.15) is 5.75 Å². The summed E-state index contributed by atoms with van der Waals surface area (Å²) >= 11 is 0. The fraction of sp³-hybridized carbons (Fsp3) is 0.500. The maximum atomic E-state index is 5.51. The first-order valence-corrected chi connectivity index (χ1v) is 6.90. The molecule has 0 aliphatic heterocycles. The molecule has 2 rings (SSSR count). The molecule has 0 heterocycles. The predicted octanol–water partition coefficient (Wildman–Crippen LogP) is 3.54. The van der Waals surface area contributed by atoms with E-state index in [4.69, 9.17) is 10.5 Å². The summed E-state index contributed by atoms with van der Waals surface area (Å²) in [5.41, 5.74) is 9.89. The first-order valence-electron chi connectivity index (χ1n) is 6.90. The lowest BCUT2D eigenvalue weighted by Crippen LogP contribution is -2.01. The van der Waals surface area contributed by atoms with E-state index in [2.05, 4.69) is 18.2 Å². The summed E-state index contributed by atoms with van der Waals surface area (Å²) in [5, 5.41) is 0. The Hall–Kier alpha value is -1.28. The Morgan fingerprint density at radius 3 is 2.83 bits per heavy atom. The van der Waals surface area contributed by atoms with Gasteiger partial charge in [-0.25, -0.2) is 0 Å². The van der Waals surface area contributed by atoms with Crippen LogP contribution in [0.4, 0.5) is 0 Å². The van der Waals surface area contributed by atoms with Crippen molar-refractivity contribution in [2.45, 2.75) is 38.5 Å². The molecule has 0 saturated carbocycles. The summed E-state index contributed by atoms with van der Waals surface area (Å²) in [6.45, 7) is 0.821. The van der Waals surface area contributed by atoms with E-state index in [1.165, 1.54) is 36.8 Å². The third-order valence-electron chi connectivity index (χ3n) is 3.63. The van der Waals surface area contributed by atoms with Gasteiger partial charge >= 0.3 is 0 Å². The maximum Gasteiger partial charge on any atom is 0.119 e. The number of allylic oxidation sites excluding steroid dienone is 1. The molecule has 0 atom stereocenters. The van der Waals surface area contributed by atoms with Crippen LogP contribution in [0.3, 0.4) is 0 Å². The van der Waals surface area contributed by atoms with Crippen LogP contribution in [0.2, 0.25) is 0 Å². The lowest BCUT2D eigenvalue weighted by Gasteiger charge is -2.17. The number of unbranched alkanes of at least 4 members (excludes halogenated alkanes) is 2. The summed E-state index contributed by atoms with van der Waals surface area (Å²) in [7, 11) is 1.73. The first-order chi connectivity index (χ1) is 8.83. The van der Waals surface area contributed by atoms with E-state index >= 15 is 0 Å². The Bertz CT molecular complexity index is 423. The second-order valence-electron chi connectivity index (χ2n) is 4.97. The largest absolute Gasteiger partial charge is 0.497 e. The highest BCUT2D eigenvalue weighted by atomic mass is 16.5. The summed E-state index contributed by atoms with van der Waals surface area (Å²) < 4.78 is 5.27. The van der Waals surface area contributed by atoms with Crippen LogP contribution in [0, 0.1) is 0 Å². The first kappa shape index (κ1) is 13.2. The van der Waals surface area contributed by atoms with Gasteiger partial charge < -0.3 is 10.5 Å². The molecule has 0 unspecified atom stereocenters. The monoisotopic (exact) mass is 245 g/mol. The predicted molar refractivity (Wildman–Crippen MR) is 76.8 cm³/mol. The molecule has 0 fully saturated rings. The number of methoxy groups -OCH3 is 1. The SMILES string of the molecule is COc1ccc2c(c1)CCC(CCCCCN)=C2. The number of aryl methyl sites for hydroxylation is 1. The molecule has 1 aromatic rings. The number of hydrogen-bond acceptors (Lipinski definition) is 2. The molecule has 0 amide bonds. The highest BCUT2D eigenvalue weighted by Gasteiger charge is 2.10.